The molecule has 0 aliphatic heterocycles. The minimum atomic E-state index is 0.595. The number of hydrogen-bond acceptors (Lipinski definition) is 3. The molecule has 1 aromatic heterocycles. The van der Waals surface area contributed by atoms with E-state index in [1.807, 2.05) is 49.3 Å². The second kappa shape index (κ2) is 8.10. The molecule has 0 atom stereocenters. The highest BCUT2D eigenvalue weighted by Gasteiger charge is 2.04. The van der Waals surface area contributed by atoms with Crippen LogP contribution in [-0.2, 0) is 13.1 Å². The molecule has 0 radical (unpaired) electrons. The van der Waals surface area contributed by atoms with Gasteiger partial charge < -0.3 is 10.2 Å². The van der Waals surface area contributed by atoms with E-state index in [0.717, 1.165) is 29.5 Å². The van der Waals surface area contributed by atoms with Crippen LogP contribution in [0.5, 0.6) is 0 Å². The van der Waals surface area contributed by atoms with Crippen molar-refractivity contribution in [2.75, 3.05) is 14.1 Å². The first-order valence-corrected chi connectivity index (χ1v) is 8.16. The van der Waals surface area contributed by atoms with E-state index in [1.165, 1.54) is 11.9 Å². The lowest BCUT2D eigenvalue weighted by Gasteiger charge is -2.17. The number of benzene rings is 2. The standard InChI is InChI=1S/C19H22N6/c1-25(2)19(20-12-15-7-4-3-5-8-15)21-13-16-9-6-10-17(11-16)18-22-14-23-24-18/h3-11,14H,12-13H2,1-2H3,(H,20,21)(H,22,23,24). The molecule has 0 aliphatic rings. The van der Waals surface area contributed by atoms with Crippen molar-refractivity contribution in [3.05, 3.63) is 72.1 Å². The molecule has 25 heavy (non-hydrogen) atoms. The highest BCUT2D eigenvalue weighted by Crippen LogP contribution is 2.16. The summed E-state index contributed by atoms with van der Waals surface area (Å²) in [5.41, 5.74) is 3.35. The molecule has 2 N–H and O–H groups in total. The number of aromatic amines is 1. The van der Waals surface area contributed by atoms with E-state index in [1.54, 1.807) is 0 Å². The molecular formula is C19H22N6. The van der Waals surface area contributed by atoms with Gasteiger partial charge in [-0.3, -0.25) is 5.10 Å². The van der Waals surface area contributed by atoms with Gasteiger partial charge in [-0.25, -0.2) is 9.98 Å². The van der Waals surface area contributed by atoms with E-state index in [-0.39, 0.29) is 0 Å². The molecule has 0 saturated heterocycles. The molecule has 0 aliphatic carbocycles. The maximum atomic E-state index is 4.72. The Bertz CT molecular complexity index is 809. The highest BCUT2D eigenvalue weighted by molar-refractivity contribution is 5.79. The van der Waals surface area contributed by atoms with Crippen LogP contribution in [-0.4, -0.2) is 40.1 Å². The first kappa shape index (κ1) is 16.7. The Morgan fingerprint density at radius 1 is 1.08 bits per heavy atom. The van der Waals surface area contributed by atoms with Gasteiger partial charge in [0, 0.05) is 26.2 Å². The Hall–Kier alpha value is -3.15. The highest BCUT2D eigenvalue weighted by atomic mass is 15.3. The van der Waals surface area contributed by atoms with Crippen molar-refractivity contribution in [3.8, 4) is 11.4 Å². The largest absolute Gasteiger partial charge is 0.352 e. The number of hydrogen-bond donors (Lipinski definition) is 2. The number of guanidine groups is 1. The molecule has 0 bridgehead atoms. The van der Waals surface area contributed by atoms with Crippen LogP contribution in [0.4, 0.5) is 0 Å². The second-order valence-electron chi connectivity index (χ2n) is 5.91. The predicted molar refractivity (Wildman–Crippen MR) is 99.9 cm³/mol. The Morgan fingerprint density at radius 2 is 1.88 bits per heavy atom. The molecule has 6 nitrogen and oxygen atoms in total. The maximum Gasteiger partial charge on any atom is 0.194 e. The van der Waals surface area contributed by atoms with Crippen molar-refractivity contribution >= 4 is 5.96 Å². The van der Waals surface area contributed by atoms with Gasteiger partial charge in [0.25, 0.3) is 0 Å². The van der Waals surface area contributed by atoms with Crippen LogP contribution in [0, 0.1) is 0 Å². The molecule has 0 spiro atoms. The van der Waals surface area contributed by atoms with Gasteiger partial charge in [-0.1, -0.05) is 48.5 Å². The summed E-state index contributed by atoms with van der Waals surface area (Å²) in [5.74, 6) is 1.62. The third-order valence-electron chi connectivity index (χ3n) is 3.74. The van der Waals surface area contributed by atoms with Gasteiger partial charge in [0.15, 0.2) is 11.8 Å². The van der Waals surface area contributed by atoms with Crippen LogP contribution in [0.15, 0.2) is 65.9 Å². The number of nitrogens with one attached hydrogen (secondary N) is 2. The SMILES string of the molecule is CN(C)C(=NCc1cccc(-c2ncn[nH]2)c1)NCc1ccccc1. The molecule has 0 amide bonds. The molecule has 128 valence electrons. The van der Waals surface area contributed by atoms with Crippen LogP contribution >= 0.6 is 0 Å². The van der Waals surface area contributed by atoms with E-state index in [9.17, 15) is 0 Å². The molecule has 2 aromatic carbocycles. The van der Waals surface area contributed by atoms with Crippen molar-refractivity contribution in [2.24, 2.45) is 4.99 Å². The molecular weight excluding hydrogens is 312 g/mol. The summed E-state index contributed by atoms with van der Waals surface area (Å²) in [6, 6.07) is 18.5. The Kier molecular flexibility index (Phi) is 5.41. The fraction of sp³-hybridized carbons (Fsp3) is 0.211. The van der Waals surface area contributed by atoms with E-state index in [4.69, 9.17) is 4.99 Å². The number of rotatable bonds is 5. The van der Waals surface area contributed by atoms with Gasteiger partial charge in [-0.2, -0.15) is 5.10 Å². The Labute approximate surface area is 147 Å². The second-order valence-corrected chi connectivity index (χ2v) is 5.91. The van der Waals surface area contributed by atoms with E-state index >= 15 is 0 Å². The van der Waals surface area contributed by atoms with Crippen molar-refractivity contribution in [3.63, 3.8) is 0 Å². The zero-order valence-corrected chi connectivity index (χ0v) is 14.5. The lowest BCUT2D eigenvalue weighted by Crippen LogP contribution is -2.36. The zero-order valence-electron chi connectivity index (χ0n) is 14.5. The Morgan fingerprint density at radius 3 is 2.60 bits per heavy atom. The lowest BCUT2D eigenvalue weighted by molar-refractivity contribution is 0.578. The summed E-state index contributed by atoms with van der Waals surface area (Å²) in [6.07, 6.45) is 1.51. The van der Waals surface area contributed by atoms with E-state index < -0.39 is 0 Å². The summed E-state index contributed by atoms with van der Waals surface area (Å²) in [5, 5.41) is 10.2. The van der Waals surface area contributed by atoms with Crippen molar-refractivity contribution in [2.45, 2.75) is 13.1 Å². The van der Waals surface area contributed by atoms with E-state index in [0.29, 0.717) is 6.54 Å². The van der Waals surface area contributed by atoms with Crippen LogP contribution in [0.25, 0.3) is 11.4 Å². The smallest absolute Gasteiger partial charge is 0.194 e. The van der Waals surface area contributed by atoms with E-state index in [2.05, 4.69) is 44.8 Å². The van der Waals surface area contributed by atoms with Gasteiger partial charge in [0.2, 0.25) is 0 Å². The lowest BCUT2D eigenvalue weighted by atomic mass is 10.1. The summed E-state index contributed by atoms with van der Waals surface area (Å²) in [6.45, 7) is 1.34. The number of aliphatic imine (C=N–C) groups is 1. The fourth-order valence-corrected chi connectivity index (χ4v) is 2.46. The van der Waals surface area contributed by atoms with Crippen molar-refractivity contribution < 1.29 is 0 Å². The van der Waals surface area contributed by atoms with Crippen LogP contribution in [0.2, 0.25) is 0 Å². The molecule has 0 fully saturated rings. The van der Waals surface area contributed by atoms with Gasteiger partial charge in [0.1, 0.15) is 6.33 Å². The first-order valence-electron chi connectivity index (χ1n) is 8.16. The molecule has 3 aromatic rings. The van der Waals surface area contributed by atoms with Crippen molar-refractivity contribution in [1.29, 1.82) is 0 Å². The number of nitrogens with zero attached hydrogens (tertiary/aromatic N) is 4. The van der Waals surface area contributed by atoms with Gasteiger partial charge in [-0.05, 0) is 17.2 Å². The molecule has 1 heterocycles. The molecule has 0 unspecified atom stereocenters. The normalized spacial score (nSPS) is 11.4. The van der Waals surface area contributed by atoms with Gasteiger partial charge in [0.05, 0.1) is 6.54 Å². The summed E-state index contributed by atoms with van der Waals surface area (Å²) < 4.78 is 0. The quantitative estimate of drug-likeness (QED) is 0.556. The van der Waals surface area contributed by atoms with Gasteiger partial charge >= 0.3 is 0 Å². The van der Waals surface area contributed by atoms with Crippen molar-refractivity contribution in [1.82, 2.24) is 25.4 Å². The predicted octanol–water partition coefficient (Wildman–Crippen LogP) is 2.68. The minimum absolute atomic E-state index is 0.595. The van der Waals surface area contributed by atoms with Crippen LogP contribution in [0.1, 0.15) is 11.1 Å². The number of aromatic nitrogens is 3. The molecule has 0 saturated carbocycles. The van der Waals surface area contributed by atoms with Gasteiger partial charge in [-0.15, -0.1) is 0 Å². The first-order chi connectivity index (χ1) is 12.2. The molecule has 6 heteroatoms. The number of H-pyrrole nitrogens is 1. The Balaban J connectivity index is 1.68. The average Bonchev–Trinajstić information content (AvgIpc) is 3.17. The minimum Gasteiger partial charge on any atom is -0.352 e. The third kappa shape index (κ3) is 4.67. The topological polar surface area (TPSA) is 69.2 Å². The average molecular weight is 334 g/mol. The summed E-state index contributed by atoms with van der Waals surface area (Å²) in [7, 11) is 3.98. The fourth-order valence-electron chi connectivity index (χ4n) is 2.46. The molecule has 3 rings (SSSR count). The third-order valence-corrected chi connectivity index (χ3v) is 3.74. The monoisotopic (exact) mass is 334 g/mol. The van der Waals surface area contributed by atoms with Crippen LogP contribution < -0.4 is 5.32 Å². The zero-order chi connectivity index (χ0) is 17.5. The maximum absolute atomic E-state index is 4.72. The summed E-state index contributed by atoms with van der Waals surface area (Å²) >= 11 is 0. The van der Waals surface area contributed by atoms with Crippen LogP contribution in [0.3, 0.4) is 0 Å². The summed E-state index contributed by atoms with van der Waals surface area (Å²) in [4.78, 5) is 10.9.